The number of likely N-dealkylation sites (N-methyl/N-ethyl adjacent to an activating group) is 1. The molecule has 0 aliphatic carbocycles. The first-order valence-corrected chi connectivity index (χ1v) is 22.9. The molecule has 0 spiro atoms. The van der Waals surface area contributed by atoms with Crippen LogP contribution in [0.5, 0.6) is 0 Å². The van der Waals surface area contributed by atoms with E-state index in [9.17, 15) is 29.1 Å². The van der Waals surface area contributed by atoms with Gasteiger partial charge in [-0.25, -0.2) is 14.8 Å². The first-order chi connectivity index (χ1) is 31.4. The number of cyclic esters (lactones) is 1. The van der Waals surface area contributed by atoms with Crippen LogP contribution in [0.3, 0.4) is 0 Å². The first-order valence-electron chi connectivity index (χ1n) is 22.9. The molecule has 4 amide bonds. The Labute approximate surface area is 387 Å². The van der Waals surface area contributed by atoms with Crippen molar-refractivity contribution in [1.82, 2.24) is 45.0 Å². The zero-order valence-corrected chi connectivity index (χ0v) is 39.4. The van der Waals surface area contributed by atoms with Crippen molar-refractivity contribution in [2.75, 3.05) is 53.9 Å². The molecular formula is C50H63N9O7. The molecule has 7 rings (SSSR count). The molecule has 16 heteroatoms. The minimum Gasteiger partial charge on any atom is -0.462 e. The van der Waals surface area contributed by atoms with E-state index in [1.807, 2.05) is 71.0 Å². The molecule has 6 bridgehead atoms. The van der Waals surface area contributed by atoms with Crippen LogP contribution in [0.1, 0.15) is 65.0 Å². The Kier molecular flexibility index (Phi) is 14.3. The molecule has 3 aliphatic heterocycles. The molecule has 2 aromatic carbocycles. The van der Waals surface area contributed by atoms with E-state index in [1.165, 1.54) is 16.2 Å². The van der Waals surface area contributed by atoms with E-state index in [2.05, 4.69) is 62.2 Å². The molecule has 0 radical (unpaired) electrons. The molecule has 4 atom stereocenters. The summed E-state index contributed by atoms with van der Waals surface area (Å²) in [6.07, 6.45) is 6.38. The second kappa shape index (κ2) is 19.8. The number of rotatable bonds is 8. The molecule has 0 unspecified atom stereocenters. The lowest BCUT2D eigenvalue weighted by molar-refractivity contribution is -0.189. The van der Waals surface area contributed by atoms with Crippen LogP contribution in [0, 0.1) is 29.1 Å². The minimum atomic E-state index is -2.22. The fraction of sp³-hybridized carbons (Fsp3) is 0.500. The zero-order chi connectivity index (χ0) is 47.5. The van der Waals surface area contributed by atoms with Gasteiger partial charge in [-0.15, -0.1) is 0 Å². The fourth-order valence-electron chi connectivity index (χ4n) is 9.52. The number of benzene rings is 2. The van der Waals surface area contributed by atoms with Gasteiger partial charge in [-0.05, 0) is 86.5 Å². The lowest BCUT2D eigenvalue weighted by atomic mass is 9.84. The SMILES string of the molecule is CCn1c(-c2cncnc2)c2c3cc(ccc31)-c1cccc(c1)C[C@H](NC(=O)[C@H](C(C)C)N(C)C(=O)[C@H]1CCN(C(=O)C#CCN(C)C)C1)C(=O)N1CCC[C@@](O)(N1)C(=O)OCC(C)(C)C2. The standard InChI is InChI=1S/C50H63N9O7/c1-9-58-41-17-16-35-25-38(41)39(44(58)37-27-51-31-52-28-37)26-49(4,5)30-66-48(64)50(65)19-12-21-59(54-50)47(63)40(24-33-13-10-14-34(35)23-33)53-45(61)43(32(2)3)56(8)46(62)36-18-22-57(29-36)42(60)15-11-20-55(6)7/h10,13-14,16-17,23,25,27-28,31-32,36,40,43,54,65H,9,12,18-22,24,26,29-30H2,1-8H3,(H,53,61)/t36-,40-,43-,50-/m0/s1. The first kappa shape index (κ1) is 47.8. The van der Waals surface area contributed by atoms with E-state index >= 15 is 0 Å². The van der Waals surface area contributed by atoms with Crippen molar-refractivity contribution in [1.29, 1.82) is 0 Å². The van der Waals surface area contributed by atoms with Crippen molar-refractivity contribution in [2.45, 2.75) is 91.1 Å². The van der Waals surface area contributed by atoms with Crippen molar-refractivity contribution in [3.63, 3.8) is 0 Å². The zero-order valence-electron chi connectivity index (χ0n) is 39.4. The maximum atomic E-state index is 14.7. The summed E-state index contributed by atoms with van der Waals surface area (Å²) in [7, 11) is 5.31. The van der Waals surface area contributed by atoms with Gasteiger partial charge in [-0.3, -0.25) is 29.1 Å². The van der Waals surface area contributed by atoms with Gasteiger partial charge < -0.3 is 29.5 Å². The molecule has 350 valence electrons. The summed E-state index contributed by atoms with van der Waals surface area (Å²) in [5, 5.41) is 17.0. The molecule has 2 saturated heterocycles. The van der Waals surface area contributed by atoms with Gasteiger partial charge in [-0.2, -0.15) is 5.43 Å². The van der Waals surface area contributed by atoms with E-state index in [0.29, 0.717) is 32.5 Å². The molecule has 4 aromatic rings. The number of hydrogen-bond acceptors (Lipinski definition) is 11. The van der Waals surface area contributed by atoms with E-state index in [4.69, 9.17) is 4.74 Å². The maximum Gasteiger partial charge on any atom is 0.355 e. The summed E-state index contributed by atoms with van der Waals surface area (Å²) in [6.45, 7) is 11.6. The third kappa shape index (κ3) is 10.3. The number of nitrogens with one attached hydrogen (secondary N) is 2. The summed E-state index contributed by atoms with van der Waals surface area (Å²) < 4.78 is 8.17. The van der Waals surface area contributed by atoms with E-state index in [1.54, 1.807) is 24.3 Å². The summed E-state index contributed by atoms with van der Waals surface area (Å²) in [5.41, 5.74) is 6.46. The van der Waals surface area contributed by atoms with Crippen LogP contribution in [0.4, 0.5) is 0 Å². The number of fused-ring (bicyclic) bond motifs is 6. The maximum absolute atomic E-state index is 14.7. The van der Waals surface area contributed by atoms with Crippen LogP contribution in [0.2, 0.25) is 0 Å². The Morgan fingerprint density at radius 2 is 1.77 bits per heavy atom. The highest BCUT2D eigenvalue weighted by Crippen LogP contribution is 2.40. The van der Waals surface area contributed by atoms with Crippen molar-refractivity contribution in [3.05, 3.63) is 72.3 Å². The van der Waals surface area contributed by atoms with Crippen LogP contribution in [0.25, 0.3) is 33.3 Å². The Morgan fingerprint density at radius 1 is 1.03 bits per heavy atom. The lowest BCUT2D eigenvalue weighted by Crippen LogP contribution is -2.67. The number of hydrazine groups is 1. The van der Waals surface area contributed by atoms with Gasteiger partial charge in [0.1, 0.15) is 18.4 Å². The van der Waals surface area contributed by atoms with Gasteiger partial charge in [0, 0.05) is 80.3 Å². The normalized spacial score (nSPS) is 21.5. The van der Waals surface area contributed by atoms with Gasteiger partial charge in [0.2, 0.25) is 17.5 Å². The molecule has 2 fully saturated rings. The lowest BCUT2D eigenvalue weighted by Gasteiger charge is -2.40. The Hall–Kier alpha value is -6.15. The Morgan fingerprint density at radius 3 is 2.48 bits per heavy atom. The van der Waals surface area contributed by atoms with Crippen LogP contribution >= 0.6 is 0 Å². The molecule has 16 nitrogen and oxygen atoms in total. The molecule has 2 aromatic heterocycles. The number of hydrogen-bond donors (Lipinski definition) is 3. The number of ether oxygens (including phenoxy) is 1. The molecule has 5 heterocycles. The van der Waals surface area contributed by atoms with Crippen LogP contribution < -0.4 is 10.7 Å². The molecule has 3 N–H and O–H groups in total. The molecule has 3 aliphatic rings. The van der Waals surface area contributed by atoms with E-state index in [-0.39, 0.29) is 56.7 Å². The van der Waals surface area contributed by atoms with Gasteiger partial charge in [-0.1, -0.05) is 63.9 Å². The van der Waals surface area contributed by atoms with Crippen molar-refractivity contribution >= 4 is 40.5 Å². The third-order valence-corrected chi connectivity index (χ3v) is 12.8. The highest BCUT2D eigenvalue weighted by molar-refractivity contribution is 5.97. The highest BCUT2D eigenvalue weighted by atomic mass is 16.6. The van der Waals surface area contributed by atoms with Crippen LogP contribution in [-0.2, 0) is 48.1 Å². The number of aromatic nitrogens is 3. The fourth-order valence-corrected chi connectivity index (χ4v) is 9.52. The number of carbonyl (C=O) groups is 5. The third-order valence-electron chi connectivity index (χ3n) is 12.8. The van der Waals surface area contributed by atoms with E-state index in [0.717, 1.165) is 44.4 Å². The average molecular weight is 902 g/mol. The number of nitrogens with zero attached hydrogens (tertiary/aromatic N) is 7. The number of aliphatic hydroxyl groups is 1. The average Bonchev–Trinajstić information content (AvgIpc) is 3.90. The predicted molar refractivity (Wildman–Crippen MR) is 250 cm³/mol. The second-order valence-electron chi connectivity index (χ2n) is 19.3. The van der Waals surface area contributed by atoms with Crippen molar-refractivity contribution in [2.24, 2.45) is 17.3 Å². The largest absolute Gasteiger partial charge is 0.462 e. The van der Waals surface area contributed by atoms with Crippen LogP contribution in [-0.4, -0.2) is 141 Å². The minimum absolute atomic E-state index is 0.00475. The number of esters is 1. The topological polar surface area (TPSA) is 183 Å². The Bertz CT molecular complexity index is 2540. The number of amides is 4. The second-order valence-corrected chi connectivity index (χ2v) is 19.3. The smallest absolute Gasteiger partial charge is 0.355 e. The predicted octanol–water partition coefficient (Wildman–Crippen LogP) is 3.65. The number of likely N-dealkylation sites (tertiary alicyclic amines) is 1. The summed E-state index contributed by atoms with van der Waals surface area (Å²) in [6, 6.07) is 12.0. The quantitative estimate of drug-likeness (QED) is 0.174. The van der Waals surface area contributed by atoms with Crippen LogP contribution in [0.15, 0.2) is 61.2 Å². The molecule has 66 heavy (non-hydrogen) atoms. The monoisotopic (exact) mass is 901 g/mol. The summed E-state index contributed by atoms with van der Waals surface area (Å²) >= 11 is 0. The number of carbonyl (C=O) groups excluding carboxylic acids is 5. The van der Waals surface area contributed by atoms with Gasteiger partial charge in [0.15, 0.2) is 0 Å². The molecular weight excluding hydrogens is 839 g/mol. The van der Waals surface area contributed by atoms with E-state index < -0.39 is 46.9 Å². The number of aryl methyl sites for hydroxylation is 1. The van der Waals surface area contributed by atoms with Gasteiger partial charge in [0.25, 0.3) is 11.8 Å². The summed E-state index contributed by atoms with van der Waals surface area (Å²) in [5.74, 6) is 1.98. The van der Waals surface area contributed by atoms with Gasteiger partial charge in [0.05, 0.1) is 24.8 Å². The van der Waals surface area contributed by atoms with Gasteiger partial charge >= 0.3 is 5.97 Å². The Balaban J connectivity index is 1.23. The van der Waals surface area contributed by atoms with Crippen molar-refractivity contribution < 1.29 is 33.8 Å². The molecule has 0 saturated carbocycles. The summed E-state index contributed by atoms with van der Waals surface area (Å²) in [4.78, 5) is 83.6. The highest BCUT2D eigenvalue weighted by Gasteiger charge is 2.46. The van der Waals surface area contributed by atoms with Crippen molar-refractivity contribution in [3.8, 4) is 34.2 Å².